The fourth-order valence-electron chi connectivity index (χ4n) is 2.66. The molecule has 1 fully saturated rings. The Hall–Kier alpha value is -1.48. The van der Waals surface area contributed by atoms with E-state index in [9.17, 15) is 5.11 Å². The summed E-state index contributed by atoms with van der Waals surface area (Å²) in [7, 11) is 0. The Balaban J connectivity index is 1.77. The number of rotatable bonds is 3. The molecule has 90 valence electrons. The van der Waals surface area contributed by atoms with E-state index in [0.29, 0.717) is 5.75 Å². The predicted molar refractivity (Wildman–Crippen MR) is 69.3 cm³/mol. The summed E-state index contributed by atoms with van der Waals surface area (Å²) in [6.07, 6.45) is 5.81. The summed E-state index contributed by atoms with van der Waals surface area (Å²) < 4.78 is 0. The molecule has 1 aliphatic heterocycles. The summed E-state index contributed by atoms with van der Waals surface area (Å²) in [6, 6.07) is 5.51. The van der Waals surface area contributed by atoms with Crippen LogP contribution in [0.3, 0.4) is 0 Å². The smallest absolute Gasteiger partial charge is 0.116 e. The number of aromatic nitrogens is 1. The monoisotopic (exact) mass is 230 g/mol. The molecule has 1 aromatic heterocycles. The van der Waals surface area contributed by atoms with Crippen LogP contribution in [-0.4, -0.2) is 34.6 Å². The van der Waals surface area contributed by atoms with Crippen LogP contribution in [0.2, 0.25) is 0 Å². The minimum atomic E-state index is 0.347. The number of aromatic amines is 1. The number of fused-ring (bicyclic) bond motifs is 1. The molecule has 0 spiro atoms. The van der Waals surface area contributed by atoms with E-state index >= 15 is 0 Å². The van der Waals surface area contributed by atoms with Crippen molar-refractivity contribution < 1.29 is 5.11 Å². The maximum atomic E-state index is 9.53. The molecule has 1 saturated heterocycles. The first kappa shape index (κ1) is 10.7. The lowest BCUT2D eigenvalue weighted by Gasteiger charge is -2.13. The van der Waals surface area contributed by atoms with Crippen LogP contribution >= 0.6 is 0 Å². The molecule has 1 aliphatic rings. The number of phenols is 1. The molecule has 17 heavy (non-hydrogen) atoms. The van der Waals surface area contributed by atoms with Crippen LogP contribution in [-0.2, 0) is 6.42 Å². The first-order chi connectivity index (χ1) is 8.33. The van der Waals surface area contributed by atoms with E-state index in [0.717, 1.165) is 23.9 Å². The Morgan fingerprint density at radius 2 is 2.06 bits per heavy atom. The van der Waals surface area contributed by atoms with Gasteiger partial charge in [-0.2, -0.15) is 0 Å². The van der Waals surface area contributed by atoms with Crippen LogP contribution < -0.4 is 0 Å². The zero-order valence-electron chi connectivity index (χ0n) is 9.95. The Morgan fingerprint density at radius 1 is 1.24 bits per heavy atom. The van der Waals surface area contributed by atoms with Crippen LogP contribution in [0.15, 0.2) is 24.4 Å². The highest BCUT2D eigenvalue weighted by Gasteiger charge is 2.12. The van der Waals surface area contributed by atoms with Crippen LogP contribution in [0.4, 0.5) is 0 Å². The van der Waals surface area contributed by atoms with Gasteiger partial charge in [0.05, 0.1) is 0 Å². The highest BCUT2D eigenvalue weighted by atomic mass is 16.3. The quantitative estimate of drug-likeness (QED) is 0.850. The minimum Gasteiger partial charge on any atom is -0.508 e. The van der Waals surface area contributed by atoms with Gasteiger partial charge in [0, 0.05) is 23.6 Å². The highest BCUT2D eigenvalue weighted by Crippen LogP contribution is 2.23. The molecule has 0 bridgehead atoms. The summed E-state index contributed by atoms with van der Waals surface area (Å²) >= 11 is 0. The van der Waals surface area contributed by atoms with Crippen molar-refractivity contribution in [3.05, 3.63) is 30.0 Å². The topological polar surface area (TPSA) is 39.3 Å². The molecular weight excluding hydrogens is 212 g/mol. The van der Waals surface area contributed by atoms with Gasteiger partial charge in [0.1, 0.15) is 5.75 Å². The third-order valence-electron chi connectivity index (χ3n) is 3.65. The molecule has 3 nitrogen and oxygen atoms in total. The standard InChI is InChI=1S/C14H18N2O/c17-12-3-4-14-13(9-12)11(10-15-14)5-8-16-6-1-2-7-16/h3-4,9-10,15,17H,1-2,5-8H2. The molecule has 3 heteroatoms. The van der Waals surface area contributed by atoms with Crippen LogP contribution in [0.5, 0.6) is 5.75 Å². The van der Waals surface area contributed by atoms with E-state index in [4.69, 9.17) is 0 Å². The second kappa shape index (κ2) is 4.41. The van der Waals surface area contributed by atoms with Gasteiger partial charge in [0.15, 0.2) is 0 Å². The third-order valence-corrected chi connectivity index (χ3v) is 3.65. The number of hydrogen-bond donors (Lipinski definition) is 2. The first-order valence-electron chi connectivity index (χ1n) is 6.34. The Bertz CT molecular complexity index is 512. The summed E-state index contributed by atoms with van der Waals surface area (Å²) in [5.74, 6) is 0.347. The van der Waals surface area contributed by atoms with E-state index in [2.05, 4.69) is 16.1 Å². The number of phenolic OH excluding ortho intramolecular Hbond substituents is 1. The molecular formula is C14H18N2O. The number of benzene rings is 1. The lowest BCUT2D eigenvalue weighted by atomic mass is 10.1. The van der Waals surface area contributed by atoms with Gasteiger partial charge < -0.3 is 15.0 Å². The van der Waals surface area contributed by atoms with Crippen molar-refractivity contribution in [3.8, 4) is 5.75 Å². The van der Waals surface area contributed by atoms with Crippen LogP contribution in [0, 0.1) is 0 Å². The summed E-state index contributed by atoms with van der Waals surface area (Å²) in [4.78, 5) is 5.78. The Kier molecular flexibility index (Phi) is 2.77. The van der Waals surface area contributed by atoms with Crippen molar-refractivity contribution in [2.75, 3.05) is 19.6 Å². The van der Waals surface area contributed by atoms with Gasteiger partial charge in [-0.1, -0.05) is 0 Å². The SMILES string of the molecule is Oc1ccc2[nH]cc(CCN3CCCC3)c2c1. The van der Waals surface area contributed by atoms with Crippen LogP contribution in [0.25, 0.3) is 10.9 Å². The predicted octanol–water partition coefficient (Wildman–Crippen LogP) is 2.51. The zero-order chi connectivity index (χ0) is 11.7. The number of likely N-dealkylation sites (tertiary alicyclic amines) is 1. The van der Waals surface area contributed by atoms with Gasteiger partial charge in [-0.3, -0.25) is 0 Å². The van der Waals surface area contributed by atoms with Crippen molar-refractivity contribution in [2.45, 2.75) is 19.3 Å². The molecule has 2 N–H and O–H groups in total. The fraction of sp³-hybridized carbons (Fsp3) is 0.429. The van der Waals surface area contributed by atoms with E-state index in [1.165, 1.54) is 31.5 Å². The highest BCUT2D eigenvalue weighted by molar-refractivity contribution is 5.84. The van der Waals surface area contributed by atoms with Crippen molar-refractivity contribution in [3.63, 3.8) is 0 Å². The van der Waals surface area contributed by atoms with Crippen molar-refractivity contribution in [1.82, 2.24) is 9.88 Å². The largest absolute Gasteiger partial charge is 0.508 e. The van der Waals surface area contributed by atoms with Crippen molar-refractivity contribution >= 4 is 10.9 Å². The lowest BCUT2D eigenvalue weighted by Crippen LogP contribution is -2.21. The van der Waals surface area contributed by atoms with E-state index in [1.54, 1.807) is 6.07 Å². The van der Waals surface area contributed by atoms with E-state index in [1.807, 2.05) is 12.1 Å². The molecule has 0 saturated carbocycles. The summed E-state index contributed by atoms with van der Waals surface area (Å²) in [5.41, 5.74) is 2.42. The Labute approximate surface area is 101 Å². The average molecular weight is 230 g/mol. The van der Waals surface area contributed by atoms with Gasteiger partial charge >= 0.3 is 0 Å². The molecule has 0 unspecified atom stereocenters. The van der Waals surface area contributed by atoms with E-state index in [-0.39, 0.29) is 0 Å². The molecule has 2 heterocycles. The third kappa shape index (κ3) is 2.15. The van der Waals surface area contributed by atoms with Crippen molar-refractivity contribution in [2.24, 2.45) is 0 Å². The normalized spacial score (nSPS) is 16.9. The molecule has 1 aromatic carbocycles. The molecule has 0 aliphatic carbocycles. The van der Waals surface area contributed by atoms with Gasteiger partial charge in [0.2, 0.25) is 0 Å². The number of nitrogens with one attached hydrogen (secondary N) is 1. The fourth-order valence-corrected chi connectivity index (χ4v) is 2.66. The number of aromatic hydroxyl groups is 1. The number of nitrogens with zero attached hydrogens (tertiary/aromatic N) is 1. The van der Waals surface area contributed by atoms with E-state index < -0.39 is 0 Å². The molecule has 0 amide bonds. The number of hydrogen-bond acceptors (Lipinski definition) is 2. The van der Waals surface area contributed by atoms with Gasteiger partial charge in [-0.25, -0.2) is 0 Å². The maximum absolute atomic E-state index is 9.53. The van der Waals surface area contributed by atoms with Crippen molar-refractivity contribution in [1.29, 1.82) is 0 Å². The first-order valence-corrected chi connectivity index (χ1v) is 6.34. The van der Waals surface area contributed by atoms with Gasteiger partial charge in [-0.15, -0.1) is 0 Å². The summed E-state index contributed by atoms with van der Waals surface area (Å²) in [6.45, 7) is 3.61. The minimum absolute atomic E-state index is 0.347. The Morgan fingerprint density at radius 3 is 2.88 bits per heavy atom. The van der Waals surface area contributed by atoms with Crippen LogP contribution in [0.1, 0.15) is 18.4 Å². The molecule has 0 atom stereocenters. The maximum Gasteiger partial charge on any atom is 0.116 e. The molecule has 0 radical (unpaired) electrons. The second-order valence-corrected chi connectivity index (χ2v) is 4.84. The second-order valence-electron chi connectivity index (χ2n) is 4.84. The zero-order valence-corrected chi connectivity index (χ0v) is 9.95. The van der Waals surface area contributed by atoms with Gasteiger partial charge in [0.25, 0.3) is 0 Å². The average Bonchev–Trinajstić information content (AvgIpc) is 2.94. The summed E-state index contributed by atoms with van der Waals surface area (Å²) in [5, 5.41) is 10.7. The molecule has 2 aromatic rings. The number of H-pyrrole nitrogens is 1. The lowest BCUT2D eigenvalue weighted by molar-refractivity contribution is 0.344. The van der Waals surface area contributed by atoms with Gasteiger partial charge in [-0.05, 0) is 56.1 Å². The molecule has 3 rings (SSSR count).